The van der Waals surface area contributed by atoms with Crippen LogP contribution >= 0.6 is 0 Å². The van der Waals surface area contributed by atoms with Gasteiger partial charge in [-0.05, 0) is 25.8 Å². The normalized spacial score (nSPS) is 18.5. The van der Waals surface area contributed by atoms with Crippen LogP contribution in [0.3, 0.4) is 0 Å². The van der Waals surface area contributed by atoms with E-state index in [-0.39, 0.29) is 11.8 Å². The number of aryl methyl sites for hydroxylation is 2. The molecule has 26 heavy (non-hydrogen) atoms. The van der Waals surface area contributed by atoms with E-state index in [0.717, 1.165) is 5.69 Å². The third-order valence-corrected chi connectivity index (χ3v) is 5.32. The van der Waals surface area contributed by atoms with Gasteiger partial charge >= 0.3 is 0 Å². The number of ether oxygens (including phenoxy) is 1. The Hall–Kier alpha value is -2.22. The fraction of sp³-hybridized carbons (Fsp3) is 0.667. The molecule has 2 aliphatic rings. The van der Waals surface area contributed by atoms with Crippen LogP contribution in [-0.2, 0) is 18.2 Å². The maximum absolute atomic E-state index is 12.4. The Morgan fingerprint density at radius 3 is 2.81 bits per heavy atom. The van der Waals surface area contributed by atoms with E-state index in [1.54, 1.807) is 9.58 Å². The standard InChI is InChI=1S/C18H25N5O3/c1-12-9-15(20-22(12)2)18(24)23-10-13(11-23)17-19-16(21-26-17)7-8-25-14-5-3-4-6-14/h9,13-14H,3-8,10-11H2,1-2H3. The lowest BCUT2D eigenvalue weighted by Gasteiger charge is -2.36. The van der Waals surface area contributed by atoms with Crippen LogP contribution in [0.25, 0.3) is 0 Å². The summed E-state index contributed by atoms with van der Waals surface area (Å²) in [6.07, 6.45) is 5.95. The van der Waals surface area contributed by atoms with Gasteiger partial charge in [0.25, 0.3) is 5.91 Å². The molecule has 2 aromatic heterocycles. The van der Waals surface area contributed by atoms with Crippen molar-refractivity contribution in [3.8, 4) is 0 Å². The number of carbonyl (C=O) groups is 1. The first-order valence-corrected chi connectivity index (χ1v) is 9.34. The Balaban J connectivity index is 1.25. The topological polar surface area (TPSA) is 86.3 Å². The minimum absolute atomic E-state index is 0.0466. The molecule has 2 fully saturated rings. The predicted molar refractivity (Wildman–Crippen MR) is 92.8 cm³/mol. The SMILES string of the molecule is Cc1cc(C(=O)N2CC(c3nc(CCOC4CCCC4)no3)C2)nn1C. The second kappa shape index (κ2) is 7.19. The van der Waals surface area contributed by atoms with Crippen molar-refractivity contribution in [2.75, 3.05) is 19.7 Å². The molecule has 0 radical (unpaired) electrons. The number of nitrogens with zero attached hydrogens (tertiary/aromatic N) is 5. The molecule has 0 unspecified atom stereocenters. The quantitative estimate of drug-likeness (QED) is 0.782. The van der Waals surface area contributed by atoms with E-state index in [1.807, 2.05) is 20.0 Å². The first kappa shape index (κ1) is 17.2. The number of carbonyl (C=O) groups excluding carboxylic acids is 1. The molecule has 4 rings (SSSR count). The summed E-state index contributed by atoms with van der Waals surface area (Å²) in [5.74, 6) is 1.36. The van der Waals surface area contributed by atoms with Gasteiger partial charge in [-0.25, -0.2) is 0 Å². The van der Waals surface area contributed by atoms with Gasteiger partial charge in [0, 0.05) is 32.3 Å². The molecule has 1 aliphatic carbocycles. The minimum atomic E-state index is -0.0466. The Labute approximate surface area is 152 Å². The molecule has 1 aliphatic heterocycles. The number of amides is 1. The summed E-state index contributed by atoms with van der Waals surface area (Å²) in [6, 6.07) is 1.81. The molecule has 0 N–H and O–H groups in total. The fourth-order valence-electron chi connectivity index (χ4n) is 3.53. The summed E-state index contributed by atoms with van der Waals surface area (Å²) in [6.45, 7) is 3.75. The van der Waals surface area contributed by atoms with Gasteiger partial charge in [-0.2, -0.15) is 10.1 Å². The smallest absolute Gasteiger partial charge is 0.274 e. The molecule has 1 saturated heterocycles. The first-order chi connectivity index (χ1) is 12.6. The van der Waals surface area contributed by atoms with E-state index in [1.165, 1.54) is 25.7 Å². The van der Waals surface area contributed by atoms with Crippen LogP contribution in [0, 0.1) is 6.92 Å². The average Bonchev–Trinajstić information content (AvgIpc) is 3.30. The molecule has 8 heteroatoms. The van der Waals surface area contributed by atoms with Crippen molar-refractivity contribution in [3.63, 3.8) is 0 Å². The van der Waals surface area contributed by atoms with Crippen LogP contribution in [0.4, 0.5) is 0 Å². The summed E-state index contributed by atoms with van der Waals surface area (Å²) < 4.78 is 12.9. The molecule has 8 nitrogen and oxygen atoms in total. The van der Waals surface area contributed by atoms with Gasteiger partial charge in [-0.15, -0.1) is 0 Å². The van der Waals surface area contributed by atoms with Crippen molar-refractivity contribution in [2.45, 2.75) is 51.0 Å². The molecule has 0 spiro atoms. The maximum Gasteiger partial charge on any atom is 0.274 e. The highest BCUT2D eigenvalue weighted by atomic mass is 16.5. The highest BCUT2D eigenvalue weighted by molar-refractivity contribution is 5.93. The van der Waals surface area contributed by atoms with Crippen molar-refractivity contribution >= 4 is 5.91 Å². The summed E-state index contributed by atoms with van der Waals surface area (Å²) in [5.41, 5.74) is 1.45. The van der Waals surface area contributed by atoms with E-state index >= 15 is 0 Å². The van der Waals surface area contributed by atoms with E-state index in [9.17, 15) is 4.79 Å². The first-order valence-electron chi connectivity index (χ1n) is 9.34. The lowest BCUT2D eigenvalue weighted by molar-refractivity contribution is 0.0561. The lowest BCUT2D eigenvalue weighted by atomic mass is 9.99. The largest absolute Gasteiger partial charge is 0.378 e. The van der Waals surface area contributed by atoms with E-state index in [2.05, 4.69) is 15.2 Å². The molecule has 0 aromatic carbocycles. The van der Waals surface area contributed by atoms with Gasteiger partial charge in [-0.1, -0.05) is 18.0 Å². The summed E-state index contributed by atoms with van der Waals surface area (Å²) in [4.78, 5) is 18.6. The maximum atomic E-state index is 12.4. The zero-order valence-electron chi connectivity index (χ0n) is 15.3. The van der Waals surface area contributed by atoms with Gasteiger partial charge < -0.3 is 14.2 Å². The molecular weight excluding hydrogens is 334 g/mol. The van der Waals surface area contributed by atoms with Gasteiger partial charge in [0.15, 0.2) is 11.5 Å². The average molecular weight is 359 g/mol. The molecule has 1 saturated carbocycles. The van der Waals surface area contributed by atoms with Crippen LogP contribution in [0.2, 0.25) is 0 Å². The molecule has 0 atom stereocenters. The highest BCUT2D eigenvalue weighted by Crippen LogP contribution is 2.27. The van der Waals surface area contributed by atoms with Crippen LogP contribution in [-0.4, -0.2) is 56.5 Å². The molecule has 0 bridgehead atoms. The van der Waals surface area contributed by atoms with Crippen LogP contribution in [0.5, 0.6) is 0 Å². The second-order valence-corrected chi connectivity index (χ2v) is 7.28. The predicted octanol–water partition coefficient (Wildman–Crippen LogP) is 1.85. The Bertz CT molecular complexity index is 752. The third kappa shape index (κ3) is 3.51. The van der Waals surface area contributed by atoms with Crippen LogP contribution < -0.4 is 0 Å². The molecule has 2 aromatic rings. The lowest BCUT2D eigenvalue weighted by Crippen LogP contribution is -2.48. The zero-order chi connectivity index (χ0) is 18.1. The zero-order valence-corrected chi connectivity index (χ0v) is 15.3. The van der Waals surface area contributed by atoms with E-state index in [4.69, 9.17) is 9.26 Å². The monoisotopic (exact) mass is 359 g/mol. The fourth-order valence-corrected chi connectivity index (χ4v) is 3.53. The highest BCUT2D eigenvalue weighted by Gasteiger charge is 2.36. The van der Waals surface area contributed by atoms with Gasteiger partial charge in [-0.3, -0.25) is 9.48 Å². The number of hydrogen-bond donors (Lipinski definition) is 0. The third-order valence-electron chi connectivity index (χ3n) is 5.32. The van der Waals surface area contributed by atoms with Crippen LogP contribution in [0.15, 0.2) is 10.6 Å². The van der Waals surface area contributed by atoms with Crippen molar-refractivity contribution in [1.29, 1.82) is 0 Å². The van der Waals surface area contributed by atoms with E-state index in [0.29, 0.717) is 49.6 Å². The molecule has 3 heterocycles. The summed E-state index contributed by atoms with van der Waals surface area (Å²) >= 11 is 0. The number of likely N-dealkylation sites (tertiary alicyclic amines) is 1. The van der Waals surface area contributed by atoms with Crippen molar-refractivity contribution in [2.24, 2.45) is 7.05 Å². The number of aromatic nitrogens is 4. The molecule has 1 amide bonds. The second-order valence-electron chi connectivity index (χ2n) is 7.28. The summed E-state index contributed by atoms with van der Waals surface area (Å²) in [5, 5.41) is 8.28. The Morgan fingerprint density at radius 2 is 2.12 bits per heavy atom. The molecular formula is C18H25N5O3. The van der Waals surface area contributed by atoms with Crippen molar-refractivity contribution < 1.29 is 14.1 Å². The van der Waals surface area contributed by atoms with Crippen molar-refractivity contribution in [3.05, 3.63) is 29.2 Å². The van der Waals surface area contributed by atoms with Gasteiger partial charge in [0.1, 0.15) is 0 Å². The Kier molecular flexibility index (Phi) is 4.76. The molecule has 140 valence electrons. The van der Waals surface area contributed by atoms with Gasteiger partial charge in [0.2, 0.25) is 5.89 Å². The minimum Gasteiger partial charge on any atom is -0.378 e. The van der Waals surface area contributed by atoms with Gasteiger partial charge in [0.05, 0.1) is 18.6 Å². The van der Waals surface area contributed by atoms with E-state index < -0.39 is 0 Å². The number of rotatable bonds is 6. The Morgan fingerprint density at radius 1 is 1.35 bits per heavy atom. The number of hydrogen-bond acceptors (Lipinski definition) is 6. The summed E-state index contributed by atoms with van der Waals surface area (Å²) in [7, 11) is 1.83. The van der Waals surface area contributed by atoms with Crippen molar-refractivity contribution in [1.82, 2.24) is 24.8 Å². The van der Waals surface area contributed by atoms with Crippen LogP contribution in [0.1, 0.15) is 59.5 Å².